The first kappa shape index (κ1) is 31.0. The van der Waals surface area contributed by atoms with Gasteiger partial charge in [0.1, 0.15) is 28.0 Å². The van der Waals surface area contributed by atoms with E-state index in [-0.39, 0.29) is 35.4 Å². The van der Waals surface area contributed by atoms with Crippen molar-refractivity contribution in [3.8, 4) is 22.6 Å². The maximum atomic E-state index is 13.4. The summed E-state index contributed by atoms with van der Waals surface area (Å²) in [5, 5.41) is 10.3. The summed E-state index contributed by atoms with van der Waals surface area (Å²) in [5.74, 6) is -0.272. The number of aryl methyl sites for hydroxylation is 1. The maximum Gasteiger partial charge on any atom is 0.573 e. The minimum absolute atomic E-state index is 0.0401. The fourth-order valence-corrected chi connectivity index (χ4v) is 7.03. The number of anilines is 1. The van der Waals surface area contributed by atoms with E-state index in [2.05, 4.69) is 20.4 Å². The van der Waals surface area contributed by atoms with Gasteiger partial charge < -0.3 is 14.8 Å². The molecule has 1 aliphatic heterocycles. The van der Waals surface area contributed by atoms with E-state index in [1.54, 1.807) is 48.5 Å². The van der Waals surface area contributed by atoms with E-state index in [1.807, 2.05) is 13.0 Å². The van der Waals surface area contributed by atoms with E-state index >= 15 is 0 Å². The van der Waals surface area contributed by atoms with Crippen LogP contribution in [-0.2, 0) is 10.0 Å². The molecule has 0 radical (unpaired) electrons. The number of alkyl halides is 3. The van der Waals surface area contributed by atoms with E-state index in [0.717, 1.165) is 5.56 Å². The number of nitrogens with one attached hydrogen (secondary N) is 1. The molecule has 0 spiro atoms. The van der Waals surface area contributed by atoms with Crippen molar-refractivity contribution in [3.63, 3.8) is 0 Å². The Hall–Kier alpha value is -4.95. The van der Waals surface area contributed by atoms with Crippen LogP contribution in [0.4, 0.5) is 18.9 Å². The second kappa shape index (κ2) is 12.4. The fourth-order valence-electron chi connectivity index (χ4n) is 5.42. The molecule has 46 heavy (non-hydrogen) atoms. The van der Waals surface area contributed by atoms with Crippen LogP contribution in [-0.4, -0.2) is 54.5 Å². The second-order valence-corrected chi connectivity index (χ2v) is 12.6. The van der Waals surface area contributed by atoms with Gasteiger partial charge in [0.15, 0.2) is 5.52 Å². The fraction of sp³-hybridized carbons (Fsp3) is 0.219. The van der Waals surface area contributed by atoms with Gasteiger partial charge in [-0.2, -0.15) is 4.31 Å². The molecule has 0 bridgehead atoms. The van der Waals surface area contributed by atoms with Crippen molar-refractivity contribution in [3.05, 3.63) is 96.1 Å². The molecule has 1 aliphatic rings. The third kappa shape index (κ3) is 6.67. The number of carbonyl (C=O) groups excluding carboxylic acids is 1. The molecular formula is C32H27F3N4O6S. The zero-order chi connectivity index (χ0) is 32.5. The SMILES string of the molecule is Cc1cccc(C(=O)Nc2cccc(OC3CCN(S(=O)(=O)c4cccc5nonc45)CC3)c2)c1-c1ccc(OC(F)(F)F)cc1. The summed E-state index contributed by atoms with van der Waals surface area (Å²) in [4.78, 5) is 13.5. The largest absolute Gasteiger partial charge is 0.573 e. The Morgan fingerprint density at radius 1 is 0.935 bits per heavy atom. The quantitative estimate of drug-likeness (QED) is 0.199. The van der Waals surface area contributed by atoms with E-state index in [4.69, 9.17) is 9.37 Å². The van der Waals surface area contributed by atoms with Crippen molar-refractivity contribution < 1.29 is 40.5 Å². The lowest BCUT2D eigenvalue weighted by molar-refractivity contribution is -0.274. The lowest BCUT2D eigenvalue weighted by Gasteiger charge is -2.31. The monoisotopic (exact) mass is 652 g/mol. The zero-order valence-corrected chi connectivity index (χ0v) is 25.1. The van der Waals surface area contributed by atoms with Crippen LogP contribution >= 0.6 is 0 Å². The third-order valence-electron chi connectivity index (χ3n) is 7.56. The van der Waals surface area contributed by atoms with Crippen LogP contribution in [0.1, 0.15) is 28.8 Å². The van der Waals surface area contributed by atoms with E-state index < -0.39 is 22.3 Å². The van der Waals surface area contributed by atoms with Gasteiger partial charge in [0, 0.05) is 30.4 Å². The Kier molecular flexibility index (Phi) is 8.40. The predicted molar refractivity (Wildman–Crippen MR) is 162 cm³/mol. The van der Waals surface area contributed by atoms with Crippen molar-refractivity contribution in [1.82, 2.24) is 14.6 Å². The number of hydrogen-bond donors (Lipinski definition) is 1. The Morgan fingerprint density at radius 2 is 1.65 bits per heavy atom. The number of piperidine rings is 1. The smallest absolute Gasteiger partial charge is 0.490 e. The summed E-state index contributed by atoms with van der Waals surface area (Å²) in [6.07, 6.45) is -4.17. The van der Waals surface area contributed by atoms with Gasteiger partial charge in [-0.25, -0.2) is 13.0 Å². The Balaban J connectivity index is 1.11. The molecule has 1 saturated heterocycles. The van der Waals surface area contributed by atoms with Gasteiger partial charge in [0.05, 0.1) is 0 Å². The molecule has 238 valence electrons. The third-order valence-corrected chi connectivity index (χ3v) is 9.49. The molecule has 0 aliphatic carbocycles. The molecule has 1 N–H and O–H groups in total. The normalized spacial score (nSPS) is 14.7. The maximum absolute atomic E-state index is 13.4. The number of sulfonamides is 1. The predicted octanol–water partition coefficient (Wildman–Crippen LogP) is 6.58. The van der Waals surface area contributed by atoms with Crippen LogP contribution in [0.5, 0.6) is 11.5 Å². The summed E-state index contributed by atoms with van der Waals surface area (Å²) in [6.45, 7) is 2.29. The van der Waals surface area contributed by atoms with Crippen LogP contribution in [0.2, 0.25) is 0 Å². The van der Waals surface area contributed by atoms with Crippen molar-refractivity contribution in [2.75, 3.05) is 18.4 Å². The average Bonchev–Trinajstić information content (AvgIpc) is 3.50. The van der Waals surface area contributed by atoms with Crippen LogP contribution in [0.15, 0.2) is 94.5 Å². The van der Waals surface area contributed by atoms with E-state index in [9.17, 15) is 26.4 Å². The van der Waals surface area contributed by atoms with Gasteiger partial charge in [-0.15, -0.1) is 13.2 Å². The molecule has 0 saturated carbocycles. The number of hydrogen-bond acceptors (Lipinski definition) is 8. The van der Waals surface area contributed by atoms with E-state index in [0.29, 0.717) is 46.5 Å². The number of halogens is 3. The van der Waals surface area contributed by atoms with Gasteiger partial charge in [-0.1, -0.05) is 36.4 Å². The molecule has 5 aromatic rings. The highest BCUT2D eigenvalue weighted by Crippen LogP contribution is 2.32. The number of amides is 1. The molecule has 14 heteroatoms. The number of rotatable bonds is 8. The molecular weight excluding hydrogens is 625 g/mol. The number of carbonyl (C=O) groups is 1. The van der Waals surface area contributed by atoms with Crippen molar-refractivity contribution in [2.45, 2.75) is 37.1 Å². The van der Waals surface area contributed by atoms with Gasteiger partial charge in [-0.05, 0) is 89.2 Å². The molecule has 0 unspecified atom stereocenters. The van der Waals surface area contributed by atoms with Gasteiger partial charge >= 0.3 is 6.36 Å². The zero-order valence-electron chi connectivity index (χ0n) is 24.3. The number of nitrogens with zero attached hydrogens (tertiary/aromatic N) is 3. The molecule has 0 atom stereocenters. The molecule has 10 nitrogen and oxygen atoms in total. The highest BCUT2D eigenvalue weighted by atomic mass is 32.2. The van der Waals surface area contributed by atoms with E-state index in [1.165, 1.54) is 34.6 Å². The average molecular weight is 653 g/mol. The lowest BCUT2D eigenvalue weighted by Crippen LogP contribution is -2.41. The van der Waals surface area contributed by atoms with Crippen LogP contribution in [0.3, 0.4) is 0 Å². The van der Waals surface area contributed by atoms with Crippen LogP contribution < -0.4 is 14.8 Å². The molecule has 4 aromatic carbocycles. The van der Waals surface area contributed by atoms with Crippen molar-refractivity contribution >= 4 is 32.7 Å². The van der Waals surface area contributed by atoms with Gasteiger partial charge in [0.25, 0.3) is 5.91 Å². The number of ether oxygens (including phenoxy) is 2. The number of aromatic nitrogens is 2. The molecule has 1 aromatic heterocycles. The summed E-state index contributed by atoms with van der Waals surface area (Å²) in [6, 6.07) is 22.1. The first-order chi connectivity index (χ1) is 22.0. The Morgan fingerprint density at radius 3 is 2.39 bits per heavy atom. The molecule has 1 fully saturated rings. The number of benzene rings is 4. The lowest BCUT2D eigenvalue weighted by atomic mass is 9.94. The highest BCUT2D eigenvalue weighted by molar-refractivity contribution is 7.89. The minimum Gasteiger partial charge on any atom is -0.490 e. The van der Waals surface area contributed by atoms with Crippen LogP contribution in [0, 0.1) is 6.92 Å². The first-order valence-electron chi connectivity index (χ1n) is 14.2. The molecule has 1 amide bonds. The van der Waals surface area contributed by atoms with Gasteiger partial charge in [-0.3, -0.25) is 4.79 Å². The van der Waals surface area contributed by atoms with Gasteiger partial charge in [0.2, 0.25) is 10.0 Å². The number of fused-ring (bicyclic) bond motifs is 1. The molecule has 2 heterocycles. The van der Waals surface area contributed by atoms with Crippen LogP contribution in [0.25, 0.3) is 22.2 Å². The standard InChI is InChI=1S/C32H27F3N4O6S/c1-20-5-2-8-26(29(20)21-11-13-24(14-12-21)44-32(33,34)35)31(40)36-22-6-3-7-25(19-22)43-23-15-17-39(18-16-23)46(41,42)28-10-4-9-27-30(28)38-45-37-27/h2-14,19,23H,15-18H2,1H3,(H,36,40). The van der Waals surface area contributed by atoms with Crippen molar-refractivity contribution in [2.24, 2.45) is 0 Å². The summed E-state index contributed by atoms with van der Waals surface area (Å²) in [7, 11) is -3.82. The topological polar surface area (TPSA) is 124 Å². The van der Waals surface area contributed by atoms with Crippen molar-refractivity contribution in [1.29, 1.82) is 0 Å². The highest BCUT2D eigenvalue weighted by Gasteiger charge is 2.33. The summed E-state index contributed by atoms with van der Waals surface area (Å²) in [5.41, 5.74) is 3.24. The summed E-state index contributed by atoms with van der Waals surface area (Å²) < 4.78 is 80.7. The summed E-state index contributed by atoms with van der Waals surface area (Å²) >= 11 is 0. The Labute approximate surface area is 261 Å². The first-order valence-corrected chi connectivity index (χ1v) is 15.7. The Bertz CT molecular complexity index is 1990. The molecule has 6 rings (SSSR count). The second-order valence-electron chi connectivity index (χ2n) is 10.7. The minimum atomic E-state index is -4.81.